The van der Waals surface area contributed by atoms with Crippen LogP contribution < -0.4 is 5.43 Å². The number of fused-ring (bicyclic) bond motifs is 1. The maximum Gasteiger partial charge on any atom is 0.417 e. The van der Waals surface area contributed by atoms with Gasteiger partial charge in [0.15, 0.2) is 5.16 Å². The van der Waals surface area contributed by atoms with Crippen molar-refractivity contribution in [3.05, 3.63) is 95.1 Å². The number of amides is 1. The zero-order chi connectivity index (χ0) is 24.1. The quantitative estimate of drug-likeness (QED) is 0.210. The smallest absolute Gasteiger partial charge is 0.314 e. The maximum atomic E-state index is 13.1. The third-order valence-electron chi connectivity index (χ3n) is 5.07. The Balaban J connectivity index is 1.45. The molecule has 0 fully saturated rings. The SMILES string of the molecule is Cc1ccc(Cn2c(SCC(=O)N/N=C/c3ccccc3C(F)(F)F)nc3ccccc32)cc1. The average molecular weight is 483 g/mol. The maximum absolute atomic E-state index is 13.1. The highest BCUT2D eigenvalue weighted by Crippen LogP contribution is 2.31. The van der Waals surface area contributed by atoms with Gasteiger partial charge < -0.3 is 4.57 Å². The average Bonchev–Trinajstić information content (AvgIpc) is 3.16. The number of rotatable bonds is 7. The largest absolute Gasteiger partial charge is 0.417 e. The van der Waals surface area contributed by atoms with Crippen LogP contribution in [-0.2, 0) is 17.5 Å². The molecular weight excluding hydrogens is 461 g/mol. The highest BCUT2D eigenvalue weighted by Gasteiger charge is 2.32. The van der Waals surface area contributed by atoms with Gasteiger partial charge in [-0.3, -0.25) is 4.79 Å². The molecule has 0 aliphatic carbocycles. The molecule has 0 unspecified atom stereocenters. The molecule has 0 saturated carbocycles. The van der Waals surface area contributed by atoms with Crippen LogP contribution in [0.4, 0.5) is 13.2 Å². The number of alkyl halides is 3. The van der Waals surface area contributed by atoms with Crippen LogP contribution in [0.1, 0.15) is 22.3 Å². The molecule has 4 aromatic rings. The standard InChI is InChI=1S/C25H21F3N4OS/c1-17-10-12-18(13-11-17)15-32-22-9-5-4-8-21(22)30-24(32)34-16-23(33)31-29-14-19-6-2-3-7-20(19)25(26,27)28/h2-14H,15-16H2,1H3,(H,31,33)/b29-14+. The first-order valence-electron chi connectivity index (χ1n) is 10.4. The summed E-state index contributed by atoms with van der Waals surface area (Å²) in [6, 6.07) is 21.0. The minimum absolute atomic E-state index is 0.00940. The summed E-state index contributed by atoms with van der Waals surface area (Å²) in [6.45, 7) is 2.62. The molecule has 1 amide bonds. The van der Waals surface area contributed by atoms with Crippen LogP contribution in [0.2, 0.25) is 0 Å². The van der Waals surface area contributed by atoms with E-state index < -0.39 is 17.6 Å². The number of benzene rings is 3. The van der Waals surface area contributed by atoms with Gasteiger partial charge in [0.2, 0.25) is 0 Å². The van der Waals surface area contributed by atoms with Crippen molar-refractivity contribution < 1.29 is 18.0 Å². The van der Waals surface area contributed by atoms with Gasteiger partial charge in [-0.1, -0.05) is 71.9 Å². The third kappa shape index (κ3) is 5.66. The first-order chi connectivity index (χ1) is 16.3. The van der Waals surface area contributed by atoms with Crippen LogP contribution in [0.3, 0.4) is 0 Å². The van der Waals surface area contributed by atoms with Gasteiger partial charge in [-0.05, 0) is 30.7 Å². The van der Waals surface area contributed by atoms with Gasteiger partial charge in [0.25, 0.3) is 5.91 Å². The lowest BCUT2D eigenvalue weighted by Crippen LogP contribution is -2.20. The predicted octanol–water partition coefficient (Wildman–Crippen LogP) is 5.65. The molecule has 0 radical (unpaired) electrons. The number of thioether (sulfide) groups is 1. The number of para-hydroxylation sites is 2. The molecular formula is C25H21F3N4OS. The summed E-state index contributed by atoms with van der Waals surface area (Å²) >= 11 is 1.24. The summed E-state index contributed by atoms with van der Waals surface area (Å²) < 4.78 is 41.3. The van der Waals surface area contributed by atoms with Gasteiger partial charge in [0.1, 0.15) is 0 Å². The number of halogens is 3. The number of nitrogens with zero attached hydrogens (tertiary/aromatic N) is 3. The monoisotopic (exact) mass is 482 g/mol. The second-order valence-electron chi connectivity index (χ2n) is 7.62. The van der Waals surface area contributed by atoms with Crippen molar-refractivity contribution in [2.45, 2.75) is 24.8 Å². The lowest BCUT2D eigenvalue weighted by atomic mass is 10.1. The van der Waals surface area contributed by atoms with E-state index >= 15 is 0 Å². The van der Waals surface area contributed by atoms with Crippen molar-refractivity contribution in [1.29, 1.82) is 0 Å². The summed E-state index contributed by atoms with van der Waals surface area (Å²) in [4.78, 5) is 17.0. The van der Waals surface area contributed by atoms with E-state index in [2.05, 4.69) is 27.6 Å². The fraction of sp³-hybridized carbons (Fsp3) is 0.160. The van der Waals surface area contributed by atoms with Gasteiger partial charge in [-0.25, -0.2) is 10.4 Å². The predicted molar refractivity (Wildman–Crippen MR) is 128 cm³/mol. The van der Waals surface area contributed by atoms with Crippen molar-refractivity contribution in [3.8, 4) is 0 Å². The van der Waals surface area contributed by atoms with Crippen LogP contribution >= 0.6 is 11.8 Å². The number of hydrogen-bond acceptors (Lipinski definition) is 4. The highest BCUT2D eigenvalue weighted by molar-refractivity contribution is 7.99. The van der Waals surface area contributed by atoms with Crippen LogP contribution in [0.5, 0.6) is 0 Å². The van der Waals surface area contributed by atoms with Crippen molar-refractivity contribution in [1.82, 2.24) is 15.0 Å². The molecule has 0 spiro atoms. The number of aromatic nitrogens is 2. The highest BCUT2D eigenvalue weighted by atomic mass is 32.2. The Hall–Kier alpha value is -3.59. The molecule has 34 heavy (non-hydrogen) atoms. The topological polar surface area (TPSA) is 59.3 Å². The van der Waals surface area contributed by atoms with Crippen molar-refractivity contribution >= 4 is 34.9 Å². The fourth-order valence-electron chi connectivity index (χ4n) is 3.40. The van der Waals surface area contributed by atoms with E-state index in [4.69, 9.17) is 0 Å². The molecule has 1 heterocycles. The Kier molecular flexibility index (Phi) is 7.02. The van der Waals surface area contributed by atoms with E-state index in [9.17, 15) is 18.0 Å². The van der Waals surface area contributed by atoms with Crippen LogP contribution in [0, 0.1) is 6.92 Å². The van der Waals surface area contributed by atoms with Crippen molar-refractivity contribution in [3.63, 3.8) is 0 Å². The molecule has 0 atom stereocenters. The summed E-state index contributed by atoms with van der Waals surface area (Å²) in [7, 11) is 0. The van der Waals surface area contributed by atoms with Gasteiger partial charge in [0.05, 0.1) is 35.1 Å². The molecule has 5 nitrogen and oxygen atoms in total. The Morgan fingerprint density at radius 3 is 2.53 bits per heavy atom. The van der Waals surface area contributed by atoms with Crippen molar-refractivity contribution in [2.75, 3.05) is 5.75 Å². The van der Waals surface area contributed by atoms with Crippen LogP contribution in [-0.4, -0.2) is 27.4 Å². The minimum atomic E-state index is -4.50. The fourth-order valence-corrected chi connectivity index (χ4v) is 4.20. The number of aryl methyl sites for hydroxylation is 1. The second-order valence-corrected chi connectivity index (χ2v) is 8.56. The molecule has 0 aliphatic rings. The number of carbonyl (C=O) groups is 1. The van der Waals surface area contributed by atoms with E-state index in [1.54, 1.807) is 0 Å². The normalized spacial score (nSPS) is 11.9. The molecule has 0 bridgehead atoms. The summed E-state index contributed by atoms with van der Waals surface area (Å²) in [5.74, 6) is -0.435. The molecule has 0 saturated heterocycles. The van der Waals surface area contributed by atoms with Gasteiger partial charge in [0, 0.05) is 5.56 Å². The van der Waals surface area contributed by atoms with Gasteiger partial charge in [-0.15, -0.1) is 0 Å². The zero-order valence-electron chi connectivity index (χ0n) is 18.2. The third-order valence-corrected chi connectivity index (χ3v) is 6.05. The van der Waals surface area contributed by atoms with Crippen LogP contribution in [0.15, 0.2) is 83.1 Å². The van der Waals surface area contributed by atoms with E-state index in [0.717, 1.165) is 28.9 Å². The number of nitrogens with one attached hydrogen (secondary N) is 1. The van der Waals surface area contributed by atoms with Gasteiger partial charge in [-0.2, -0.15) is 18.3 Å². The second kappa shape index (κ2) is 10.1. The van der Waals surface area contributed by atoms with E-state index in [-0.39, 0.29) is 11.3 Å². The van der Waals surface area contributed by atoms with E-state index in [0.29, 0.717) is 11.7 Å². The molecule has 3 aromatic carbocycles. The Morgan fingerprint density at radius 2 is 1.76 bits per heavy atom. The molecule has 1 N–H and O–H groups in total. The molecule has 1 aromatic heterocycles. The molecule has 0 aliphatic heterocycles. The van der Waals surface area contributed by atoms with Crippen LogP contribution in [0.25, 0.3) is 11.0 Å². The molecule has 4 rings (SSSR count). The number of hydrogen-bond donors (Lipinski definition) is 1. The lowest BCUT2D eigenvalue weighted by molar-refractivity contribution is -0.137. The summed E-state index contributed by atoms with van der Waals surface area (Å²) in [6.07, 6.45) is -3.50. The lowest BCUT2D eigenvalue weighted by Gasteiger charge is -2.10. The Morgan fingerprint density at radius 1 is 1.06 bits per heavy atom. The van der Waals surface area contributed by atoms with Crippen molar-refractivity contribution in [2.24, 2.45) is 5.10 Å². The summed E-state index contributed by atoms with van der Waals surface area (Å²) in [5.41, 5.74) is 5.40. The minimum Gasteiger partial charge on any atom is -0.314 e. The van der Waals surface area contributed by atoms with E-state index in [1.807, 2.05) is 47.9 Å². The number of carbonyl (C=O) groups excluding carboxylic acids is 1. The number of hydrazone groups is 1. The zero-order valence-corrected chi connectivity index (χ0v) is 19.0. The first-order valence-corrected chi connectivity index (χ1v) is 11.4. The molecule has 9 heteroatoms. The molecule has 174 valence electrons. The number of imidazole rings is 1. The van der Waals surface area contributed by atoms with E-state index in [1.165, 1.54) is 35.5 Å². The first kappa shape index (κ1) is 23.6. The summed E-state index contributed by atoms with van der Waals surface area (Å²) in [5, 5.41) is 4.37. The Labute approximate surface area is 198 Å². The van der Waals surface area contributed by atoms with Gasteiger partial charge >= 0.3 is 6.18 Å². The Bertz CT molecular complexity index is 1330.